The number of hydrogen-bond acceptors (Lipinski definition) is 3. The minimum Gasteiger partial charge on any atom is -0.381 e. The average molecular weight is 251 g/mol. The van der Waals surface area contributed by atoms with Gasteiger partial charge in [0.1, 0.15) is 0 Å². The van der Waals surface area contributed by atoms with Crippen molar-refractivity contribution in [1.29, 1.82) is 0 Å². The van der Waals surface area contributed by atoms with E-state index in [1.54, 1.807) is 6.20 Å². The zero-order chi connectivity index (χ0) is 12.6. The second-order valence-corrected chi connectivity index (χ2v) is 4.74. The fourth-order valence-corrected chi connectivity index (χ4v) is 2.15. The van der Waals surface area contributed by atoms with Crippen molar-refractivity contribution >= 4 is 5.91 Å². The van der Waals surface area contributed by atoms with Crippen LogP contribution in [0.4, 0.5) is 0 Å². The second kappa shape index (κ2) is 7.16. The van der Waals surface area contributed by atoms with Crippen LogP contribution in [0.1, 0.15) is 25.7 Å². The largest absolute Gasteiger partial charge is 0.381 e. The van der Waals surface area contributed by atoms with Crippen LogP contribution in [0.3, 0.4) is 0 Å². The molecule has 1 N–H and O–H groups in total. The number of carbonyl (C=O) groups excluding carboxylic acids is 1. The van der Waals surface area contributed by atoms with Crippen molar-refractivity contribution in [3.05, 3.63) is 18.5 Å². The lowest BCUT2D eigenvalue weighted by Crippen LogP contribution is -2.26. The number of rotatable bonds is 7. The summed E-state index contributed by atoms with van der Waals surface area (Å²) in [6.07, 6.45) is 7.24. The first-order valence-electron chi connectivity index (χ1n) is 6.66. The van der Waals surface area contributed by atoms with Crippen LogP contribution in [0.25, 0.3) is 0 Å². The molecule has 0 spiro atoms. The molecule has 2 rings (SSSR count). The van der Waals surface area contributed by atoms with E-state index < -0.39 is 0 Å². The van der Waals surface area contributed by atoms with Gasteiger partial charge < -0.3 is 10.1 Å². The average Bonchev–Trinajstić information content (AvgIpc) is 3.01. The highest BCUT2D eigenvalue weighted by Gasteiger charge is 2.15. The number of amides is 1. The van der Waals surface area contributed by atoms with Crippen molar-refractivity contribution in [2.45, 2.75) is 32.2 Å². The van der Waals surface area contributed by atoms with E-state index in [0.717, 1.165) is 45.6 Å². The first kappa shape index (κ1) is 13.1. The van der Waals surface area contributed by atoms with Gasteiger partial charge in [0.25, 0.3) is 0 Å². The van der Waals surface area contributed by atoms with E-state index in [2.05, 4.69) is 10.4 Å². The van der Waals surface area contributed by atoms with Crippen LogP contribution in [0.5, 0.6) is 0 Å². The second-order valence-electron chi connectivity index (χ2n) is 4.74. The predicted octanol–water partition coefficient (Wildman–Crippen LogP) is 1.21. The number of aryl methyl sites for hydroxylation is 1. The van der Waals surface area contributed by atoms with Crippen LogP contribution in [-0.2, 0) is 16.1 Å². The zero-order valence-electron chi connectivity index (χ0n) is 10.7. The summed E-state index contributed by atoms with van der Waals surface area (Å²) in [6.45, 7) is 3.31. The number of nitrogens with zero attached hydrogens (tertiary/aromatic N) is 2. The molecule has 0 radical (unpaired) electrons. The van der Waals surface area contributed by atoms with Crippen LogP contribution in [0.15, 0.2) is 18.5 Å². The van der Waals surface area contributed by atoms with Crippen molar-refractivity contribution in [3.63, 3.8) is 0 Å². The Morgan fingerprint density at radius 3 is 3.22 bits per heavy atom. The first-order valence-corrected chi connectivity index (χ1v) is 6.66. The van der Waals surface area contributed by atoms with Crippen LogP contribution >= 0.6 is 0 Å². The standard InChI is InChI=1S/C13H21N3O2/c17-13(3-1-8-16-9-2-6-15-16)14-7-4-12-5-10-18-11-12/h2,6,9,12H,1,3-5,7-8,10-11H2,(H,14,17)/t12-/m0/s1. The highest BCUT2D eigenvalue weighted by molar-refractivity contribution is 5.75. The Labute approximate surface area is 108 Å². The quantitative estimate of drug-likeness (QED) is 0.792. The van der Waals surface area contributed by atoms with Crippen molar-refractivity contribution in [2.24, 2.45) is 5.92 Å². The molecule has 0 aromatic carbocycles. The molecule has 1 aliphatic rings. The zero-order valence-corrected chi connectivity index (χ0v) is 10.7. The van der Waals surface area contributed by atoms with Gasteiger partial charge in [0, 0.05) is 45.1 Å². The van der Waals surface area contributed by atoms with Gasteiger partial charge in [-0.25, -0.2) is 0 Å². The summed E-state index contributed by atoms with van der Waals surface area (Å²) in [5.74, 6) is 0.774. The van der Waals surface area contributed by atoms with Gasteiger partial charge >= 0.3 is 0 Å². The number of aromatic nitrogens is 2. The van der Waals surface area contributed by atoms with Gasteiger partial charge in [-0.05, 0) is 31.2 Å². The Kier molecular flexibility index (Phi) is 5.20. The molecule has 18 heavy (non-hydrogen) atoms. The van der Waals surface area contributed by atoms with Crippen molar-refractivity contribution in [1.82, 2.24) is 15.1 Å². The molecular formula is C13H21N3O2. The minimum atomic E-state index is 0.140. The van der Waals surface area contributed by atoms with E-state index in [-0.39, 0.29) is 5.91 Å². The monoisotopic (exact) mass is 251 g/mol. The van der Waals surface area contributed by atoms with Gasteiger partial charge in [-0.15, -0.1) is 0 Å². The molecule has 1 atom stereocenters. The summed E-state index contributed by atoms with van der Waals surface area (Å²) in [5, 5.41) is 7.06. The summed E-state index contributed by atoms with van der Waals surface area (Å²) in [7, 11) is 0. The Bertz CT molecular complexity index is 345. The van der Waals surface area contributed by atoms with Crippen molar-refractivity contribution in [3.8, 4) is 0 Å². The van der Waals surface area contributed by atoms with E-state index >= 15 is 0 Å². The highest BCUT2D eigenvalue weighted by atomic mass is 16.5. The normalized spacial score (nSPS) is 19.0. The molecule has 1 aromatic heterocycles. The maximum Gasteiger partial charge on any atom is 0.220 e. The molecule has 1 fully saturated rings. The molecule has 0 aliphatic carbocycles. The lowest BCUT2D eigenvalue weighted by atomic mass is 10.1. The maximum atomic E-state index is 11.6. The highest BCUT2D eigenvalue weighted by Crippen LogP contribution is 2.15. The molecule has 2 heterocycles. The van der Waals surface area contributed by atoms with Gasteiger partial charge in [0.15, 0.2) is 0 Å². The molecule has 1 aromatic rings. The number of carbonyl (C=O) groups is 1. The lowest BCUT2D eigenvalue weighted by molar-refractivity contribution is -0.121. The van der Waals surface area contributed by atoms with Crippen LogP contribution < -0.4 is 5.32 Å². The lowest BCUT2D eigenvalue weighted by Gasteiger charge is -2.08. The van der Waals surface area contributed by atoms with Crippen molar-refractivity contribution in [2.75, 3.05) is 19.8 Å². The van der Waals surface area contributed by atoms with Gasteiger partial charge in [-0.1, -0.05) is 0 Å². The summed E-state index contributed by atoms with van der Waals surface area (Å²) < 4.78 is 7.15. The maximum absolute atomic E-state index is 11.6. The fourth-order valence-electron chi connectivity index (χ4n) is 2.15. The molecule has 1 saturated heterocycles. The van der Waals surface area contributed by atoms with E-state index in [1.165, 1.54) is 0 Å². The molecule has 5 heteroatoms. The molecule has 0 bridgehead atoms. The molecule has 100 valence electrons. The minimum absolute atomic E-state index is 0.140. The van der Waals surface area contributed by atoms with E-state index in [4.69, 9.17) is 4.74 Å². The van der Waals surface area contributed by atoms with Crippen LogP contribution in [0, 0.1) is 5.92 Å². The van der Waals surface area contributed by atoms with Gasteiger partial charge in [0.05, 0.1) is 0 Å². The molecule has 5 nitrogen and oxygen atoms in total. The molecule has 0 saturated carbocycles. The molecular weight excluding hydrogens is 230 g/mol. The van der Waals surface area contributed by atoms with Crippen LogP contribution in [0.2, 0.25) is 0 Å². The Morgan fingerprint density at radius 1 is 1.56 bits per heavy atom. The summed E-state index contributed by atoms with van der Waals surface area (Å²) in [4.78, 5) is 11.6. The number of ether oxygens (including phenoxy) is 1. The third-order valence-electron chi connectivity index (χ3n) is 3.25. The molecule has 1 amide bonds. The molecule has 0 unspecified atom stereocenters. The number of hydrogen-bond donors (Lipinski definition) is 1. The van der Waals surface area contributed by atoms with E-state index in [0.29, 0.717) is 12.3 Å². The predicted molar refractivity (Wildman–Crippen MR) is 68.0 cm³/mol. The van der Waals surface area contributed by atoms with Gasteiger partial charge in [-0.2, -0.15) is 5.10 Å². The molecule has 1 aliphatic heterocycles. The third kappa shape index (κ3) is 4.49. The Hall–Kier alpha value is -1.36. The Morgan fingerprint density at radius 2 is 2.50 bits per heavy atom. The van der Waals surface area contributed by atoms with Crippen molar-refractivity contribution < 1.29 is 9.53 Å². The van der Waals surface area contributed by atoms with Gasteiger partial charge in [0.2, 0.25) is 5.91 Å². The summed E-state index contributed by atoms with van der Waals surface area (Å²) >= 11 is 0. The van der Waals surface area contributed by atoms with Crippen LogP contribution in [-0.4, -0.2) is 35.4 Å². The summed E-state index contributed by atoms with van der Waals surface area (Å²) in [6, 6.07) is 1.89. The fraction of sp³-hybridized carbons (Fsp3) is 0.692. The van der Waals surface area contributed by atoms with Gasteiger partial charge in [-0.3, -0.25) is 9.48 Å². The smallest absolute Gasteiger partial charge is 0.220 e. The first-order chi connectivity index (χ1) is 8.84. The third-order valence-corrected chi connectivity index (χ3v) is 3.25. The van der Waals surface area contributed by atoms with E-state index in [1.807, 2.05) is 16.9 Å². The summed E-state index contributed by atoms with van der Waals surface area (Å²) in [5.41, 5.74) is 0. The SMILES string of the molecule is O=C(CCCn1cccn1)NCC[C@H]1CCOC1. The Balaban J connectivity index is 1.49. The topological polar surface area (TPSA) is 56.2 Å². The van der Waals surface area contributed by atoms with E-state index in [9.17, 15) is 4.79 Å². The number of nitrogens with one attached hydrogen (secondary N) is 1.